The summed E-state index contributed by atoms with van der Waals surface area (Å²) in [5, 5.41) is 4.12. The van der Waals surface area contributed by atoms with Crippen LogP contribution in [0.25, 0.3) is 0 Å². The van der Waals surface area contributed by atoms with Crippen molar-refractivity contribution < 1.29 is 14.3 Å². The van der Waals surface area contributed by atoms with Gasteiger partial charge in [0.2, 0.25) is 0 Å². The Bertz CT molecular complexity index is 1130. The maximum absolute atomic E-state index is 12.9. The van der Waals surface area contributed by atoms with E-state index in [1.807, 2.05) is 18.2 Å². The van der Waals surface area contributed by atoms with Crippen LogP contribution in [0.3, 0.4) is 0 Å². The predicted molar refractivity (Wildman–Crippen MR) is 136 cm³/mol. The van der Waals surface area contributed by atoms with Crippen LogP contribution in [0.1, 0.15) is 43.6 Å². The molecule has 9 heteroatoms. The second kappa shape index (κ2) is 11.4. The standard InChI is InChI=1S/C24H22Cl2N2O3S.ClH/c1-2-31-24(30)21-19-8-9-28(13-15-6-4-3-5-7-15)14-20(19)32-23(21)27-22(29)16-10-17(25)12-18(26)11-16;/h3-7,10-12H,2,8-9,13-14H2,1H3,(H,27,29);1H. The molecule has 2 aromatic carbocycles. The fourth-order valence-corrected chi connectivity index (χ4v) is 5.60. The zero-order valence-corrected chi connectivity index (χ0v) is 21.0. The van der Waals surface area contributed by atoms with Crippen molar-refractivity contribution in [3.8, 4) is 0 Å². The van der Waals surface area contributed by atoms with Crippen molar-refractivity contribution in [2.24, 2.45) is 0 Å². The van der Waals surface area contributed by atoms with Crippen molar-refractivity contribution in [2.75, 3.05) is 18.5 Å². The molecule has 1 aromatic heterocycles. The van der Waals surface area contributed by atoms with Crippen molar-refractivity contribution in [3.63, 3.8) is 0 Å². The van der Waals surface area contributed by atoms with E-state index in [-0.39, 0.29) is 24.9 Å². The van der Waals surface area contributed by atoms with Crippen LogP contribution >= 0.6 is 46.9 Å². The van der Waals surface area contributed by atoms with E-state index in [2.05, 4.69) is 22.3 Å². The highest BCUT2D eigenvalue weighted by Gasteiger charge is 2.29. The number of carbonyl (C=O) groups excluding carboxylic acids is 2. The number of hydrogen-bond donors (Lipinski definition) is 1. The molecule has 3 aromatic rings. The summed E-state index contributed by atoms with van der Waals surface area (Å²) in [6, 6.07) is 14.9. The highest BCUT2D eigenvalue weighted by atomic mass is 35.5. The molecule has 0 fully saturated rings. The molecule has 0 unspecified atom stereocenters. The normalized spacial score (nSPS) is 13.1. The molecule has 0 spiro atoms. The largest absolute Gasteiger partial charge is 0.462 e. The van der Waals surface area contributed by atoms with Gasteiger partial charge in [0.1, 0.15) is 5.00 Å². The number of benzene rings is 2. The van der Waals surface area contributed by atoms with Crippen LogP contribution in [0.4, 0.5) is 5.00 Å². The van der Waals surface area contributed by atoms with Crippen LogP contribution in [-0.4, -0.2) is 29.9 Å². The van der Waals surface area contributed by atoms with Gasteiger partial charge in [0, 0.05) is 40.1 Å². The molecule has 0 saturated carbocycles. The summed E-state index contributed by atoms with van der Waals surface area (Å²) in [6.07, 6.45) is 0.714. The lowest BCUT2D eigenvalue weighted by Crippen LogP contribution is -2.29. The molecule has 1 aliphatic heterocycles. The minimum absolute atomic E-state index is 0. The maximum Gasteiger partial charge on any atom is 0.341 e. The van der Waals surface area contributed by atoms with E-state index >= 15 is 0 Å². The van der Waals surface area contributed by atoms with Crippen LogP contribution in [0.5, 0.6) is 0 Å². The van der Waals surface area contributed by atoms with Gasteiger partial charge in [-0.25, -0.2) is 4.79 Å². The van der Waals surface area contributed by atoms with Crippen molar-refractivity contribution in [2.45, 2.75) is 26.4 Å². The summed E-state index contributed by atoms with van der Waals surface area (Å²) < 4.78 is 5.30. The Morgan fingerprint density at radius 2 is 1.82 bits per heavy atom. The smallest absolute Gasteiger partial charge is 0.341 e. The van der Waals surface area contributed by atoms with Crippen LogP contribution in [0.15, 0.2) is 48.5 Å². The number of carbonyl (C=O) groups is 2. The number of anilines is 1. The number of nitrogens with zero attached hydrogens (tertiary/aromatic N) is 1. The number of nitrogens with one attached hydrogen (secondary N) is 1. The molecule has 33 heavy (non-hydrogen) atoms. The van der Waals surface area contributed by atoms with E-state index in [4.69, 9.17) is 27.9 Å². The minimum Gasteiger partial charge on any atom is -0.462 e. The molecule has 1 amide bonds. The lowest BCUT2D eigenvalue weighted by Gasteiger charge is -2.27. The fourth-order valence-electron chi connectivity index (χ4n) is 3.80. The van der Waals surface area contributed by atoms with Crippen molar-refractivity contribution >= 4 is 63.8 Å². The van der Waals surface area contributed by atoms with Crippen LogP contribution in [0.2, 0.25) is 10.0 Å². The van der Waals surface area contributed by atoms with Gasteiger partial charge in [0.05, 0.1) is 12.2 Å². The van der Waals surface area contributed by atoms with Gasteiger partial charge >= 0.3 is 5.97 Å². The summed E-state index contributed by atoms with van der Waals surface area (Å²) in [5.41, 5.74) is 2.98. The first kappa shape index (κ1) is 25.5. The van der Waals surface area contributed by atoms with Gasteiger partial charge in [-0.05, 0) is 42.7 Å². The van der Waals surface area contributed by atoms with Crippen LogP contribution in [-0.2, 0) is 24.2 Å². The van der Waals surface area contributed by atoms with Gasteiger partial charge in [0.25, 0.3) is 5.91 Å². The van der Waals surface area contributed by atoms with Crippen LogP contribution < -0.4 is 5.32 Å². The molecule has 0 saturated heterocycles. The Morgan fingerprint density at radius 1 is 1.12 bits per heavy atom. The average molecular weight is 526 g/mol. The number of thiophene rings is 1. The van der Waals surface area contributed by atoms with Crippen molar-refractivity contribution in [1.82, 2.24) is 4.90 Å². The molecule has 0 atom stereocenters. The van der Waals surface area contributed by atoms with Crippen molar-refractivity contribution in [1.29, 1.82) is 0 Å². The SMILES string of the molecule is CCOC(=O)c1c(NC(=O)c2cc(Cl)cc(Cl)c2)sc2c1CCN(Cc1ccccc1)C2.Cl. The second-order valence-electron chi connectivity index (χ2n) is 7.49. The number of hydrogen-bond acceptors (Lipinski definition) is 5. The lowest BCUT2D eigenvalue weighted by atomic mass is 10.0. The van der Waals surface area contributed by atoms with Gasteiger partial charge in [-0.2, -0.15) is 0 Å². The van der Waals surface area contributed by atoms with Gasteiger partial charge in [-0.3, -0.25) is 9.69 Å². The first-order chi connectivity index (χ1) is 15.4. The summed E-state index contributed by atoms with van der Waals surface area (Å²) in [5.74, 6) is -0.791. The van der Waals surface area contributed by atoms with E-state index in [1.165, 1.54) is 16.9 Å². The highest BCUT2D eigenvalue weighted by Crippen LogP contribution is 2.38. The zero-order chi connectivity index (χ0) is 22.7. The average Bonchev–Trinajstić information content (AvgIpc) is 3.11. The Morgan fingerprint density at radius 3 is 2.48 bits per heavy atom. The maximum atomic E-state index is 12.9. The Kier molecular flexibility index (Phi) is 8.79. The lowest BCUT2D eigenvalue weighted by molar-refractivity contribution is 0.0526. The third-order valence-electron chi connectivity index (χ3n) is 5.22. The number of halogens is 3. The molecule has 1 aliphatic rings. The van der Waals surface area contributed by atoms with E-state index in [0.717, 1.165) is 23.5 Å². The third-order valence-corrected chi connectivity index (χ3v) is 6.78. The van der Waals surface area contributed by atoms with Crippen molar-refractivity contribution in [3.05, 3.63) is 85.7 Å². The number of fused-ring (bicyclic) bond motifs is 1. The number of rotatable bonds is 6. The summed E-state index contributed by atoms with van der Waals surface area (Å²) in [4.78, 5) is 29.1. The third kappa shape index (κ3) is 6.08. The summed E-state index contributed by atoms with van der Waals surface area (Å²) >= 11 is 13.5. The first-order valence-corrected chi connectivity index (χ1v) is 11.9. The molecule has 0 aliphatic carbocycles. The van der Waals surface area contributed by atoms with E-state index < -0.39 is 5.97 Å². The Hall–Kier alpha value is -2.09. The van der Waals surface area contributed by atoms with Gasteiger partial charge in [-0.1, -0.05) is 53.5 Å². The number of ether oxygens (including phenoxy) is 1. The molecule has 4 rings (SSSR count). The molecule has 0 bridgehead atoms. The minimum atomic E-state index is -0.416. The van der Waals surface area contributed by atoms with Gasteiger partial charge < -0.3 is 10.1 Å². The quantitative estimate of drug-likeness (QED) is 0.375. The first-order valence-electron chi connectivity index (χ1n) is 10.3. The van der Waals surface area contributed by atoms with E-state index in [9.17, 15) is 9.59 Å². The topological polar surface area (TPSA) is 58.6 Å². The van der Waals surface area contributed by atoms with Crippen LogP contribution in [0, 0.1) is 0 Å². The van der Waals surface area contributed by atoms with E-state index in [0.29, 0.717) is 39.1 Å². The fraction of sp³-hybridized carbons (Fsp3) is 0.250. The zero-order valence-electron chi connectivity index (χ0n) is 17.9. The molecular formula is C24H23Cl3N2O3S. The highest BCUT2D eigenvalue weighted by molar-refractivity contribution is 7.17. The monoisotopic (exact) mass is 524 g/mol. The molecule has 1 N–H and O–H groups in total. The van der Waals surface area contributed by atoms with E-state index in [1.54, 1.807) is 25.1 Å². The molecule has 2 heterocycles. The number of amides is 1. The van der Waals surface area contributed by atoms with Gasteiger partial charge in [0.15, 0.2) is 0 Å². The summed E-state index contributed by atoms with van der Waals surface area (Å²) in [7, 11) is 0. The molecule has 174 valence electrons. The Labute approximate surface area is 213 Å². The van der Waals surface area contributed by atoms with Gasteiger partial charge in [-0.15, -0.1) is 23.7 Å². The number of esters is 1. The second-order valence-corrected chi connectivity index (χ2v) is 9.46. The molecule has 0 radical (unpaired) electrons. The Balaban J connectivity index is 0.00000306. The predicted octanol–water partition coefficient (Wildman–Crippen LogP) is 6.46. The molecular weight excluding hydrogens is 503 g/mol. The summed E-state index contributed by atoms with van der Waals surface area (Å²) in [6.45, 7) is 4.39. The molecule has 5 nitrogen and oxygen atoms in total.